The second-order valence-corrected chi connectivity index (χ2v) is 13.6. The SMILES string of the molecule is CCCCCCCCC/C=C\CCCCCCCCCC(=O)NC(CS(=O)(=O)O)C(O)CCCCCCCCCC. The number of amides is 1. The molecule has 0 saturated heterocycles. The Kier molecular flexibility index (Phi) is 28.5. The quantitative estimate of drug-likeness (QED) is 0.0417. The zero-order valence-electron chi connectivity index (χ0n) is 26.9. The molecule has 0 spiro atoms. The number of carbonyl (C=O) groups excluding carboxylic acids is 1. The van der Waals surface area contributed by atoms with Gasteiger partial charge in [0.15, 0.2) is 0 Å². The number of aliphatic hydroxyl groups excluding tert-OH is 1. The van der Waals surface area contributed by atoms with E-state index in [9.17, 15) is 22.9 Å². The van der Waals surface area contributed by atoms with Crippen molar-refractivity contribution < 1.29 is 22.9 Å². The smallest absolute Gasteiger partial charge is 0.266 e. The second kappa shape index (κ2) is 29.2. The van der Waals surface area contributed by atoms with Crippen molar-refractivity contribution >= 4 is 16.0 Å². The highest BCUT2D eigenvalue weighted by atomic mass is 32.2. The fourth-order valence-corrected chi connectivity index (χ4v) is 6.09. The minimum absolute atomic E-state index is 0.253. The van der Waals surface area contributed by atoms with Gasteiger partial charge in [0.05, 0.1) is 17.9 Å². The van der Waals surface area contributed by atoms with Crippen molar-refractivity contribution in [2.45, 2.75) is 193 Å². The first-order valence-corrected chi connectivity index (χ1v) is 19.0. The van der Waals surface area contributed by atoms with E-state index in [4.69, 9.17) is 0 Å². The number of nitrogens with one attached hydrogen (secondary N) is 1. The second-order valence-electron chi connectivity index (χ2n) is 12.1. The lowest BCUT2D eigenvalue weighted by molar-refractivity contribution is -0.122. The molecular formula is C34H67NO5S. The maximum atomic E-state index is 12.4. The molecule has 244 valence electrons. The maximum absolute atomic E-state index is 12.4. The van der Waals surface area contributed by atoms with Crippen molar-refractivity contribution in [3.05, 3.63) is 12.2 Å². The average Bonchev–Trinajstić information content (AvgIpc) is 2.92. The third-order valence-electron chi connectivity index (χ3n) is 7.97. The van der Waals surface area contributed by atoms with E-state index in [1.165, 1.54) is 116 Å². The Bertz CT molecular complexity index is 710. The first-order chi connectivity index (χ1) is 19.8. The molecule has 41 heavy (non-hydrogen) atoms. The highest BCUT2D eigenvalue weighted by molar-refractivity contribution is 7.85. The summed E-state index contributed by atoms with van der Waals surface area (Å²) in [7, 11) is -4.29. The number of aliphatic hydroxyl groups is 1. The number of unbranched alkanes of at least 4 members (excludes halogenated alkanes) is 21. The van der Waals surface area contributed by atoms with Crippen LogP contribution in [0.1, 0.15) is 181 Å². The Labute approximate surface area is 254 Å². The topological polar surface area (TPSA) is 104 Å². The molecule has 0 aromatic heterocycles. The summed E-state index contributed by atoms with van der Waals surface area (Å²) in [5, 5.41) is 13.2. The lowest BCUT2D eigenvalue weighted by atomic mass is 10.0. The molecule has 3 N–H and O–H groups in total. The van der Waals surface area contributed by atoms with Crippen molar-refractivity contribution in [1.29, 1.82) is 0 Å². The number of hydrogen-bond donors (Lipinski definition) is 3. The molecule has 0 aromatic carbocycles. The van der Waals surface area contributed by atoms with E-state index in [2.05, 4.69) is 31.3 Å². The normalized spacial score (nSPS) is 13.6. The standard InChI is InChI=1S/C34H67NO5S/c1-3-5-7-9-11-13-14-15-16-17-18-19-20-21-22-24-26-28-30-34(37)35-32(31-41(38,39)40)33(36)29-27-25-23-12-10-8-6-4-2/h16-17,32-33,36H,3-15,18-31H2,1-2H3,(H,35,37)(H,38,39,40)/b17-16-. The van der Waals surface area contributed by atoms with Gasteiger partial charge in [0.2, 0.25) is 5.91 Å². The highest BCUT2D eigenvalue weighted by Gasteiger charge is 2.26. The zero-order valence-corrected chi connectivity index (χ0v) is 27.7. The summed E-state index contributed by atoms with van der Waals surface area (Å²) in [6.45, 7) is 4.46. The van der Waals surface area contributed by atoms with Crippen LogP contribution in [0.3, 0.4) is 0 Å². The van der Waals surface area contributed by atoms with Crippen LogP contribution in [0.2, 0.25) is 0 Å². The van der Waals surface area contributed by atoms with Crippen LogP contribution < -0.4 is 5.32 Å². The summed E-state index contributed by atoms with van der Waals surface area (Å²) in [5.74, 6) is -0.900. The first kappa shape index (κ1) is 40.1. The third-order valence-corrected chi connectivity index (χ3v) is 8.75. The molecule has 6 nitrogen and oxygen atoms in total. The molecule has 2 atom stereocenters. The predicted octanol–water partition coefficient (Wildman–Crippen LogP) is 9.46. The number of carbonyl (C=O) groups is 1. The van der Waals surface area contributed by atoms with Gasteiger partial charge >= 0.3 is 0 Å². The summed E-state index contributed by atoms with van der Waals surface area (Å²) in [5.41, 5.74) is 0. The van der Waals surface area contributed by atoms with Crippen molar-refractivity contribution in [1.82, 2.24) is 5.32 Å². The molecule has 0 aliphatic carbocycles. The van der Waals surface area contributed by atoms with E-state index in [1.54, 1.807) is 0 Å². The van der Waals surface area contributed by atoms with Crippen molar-refractivity contribution in [2.24, 2.45) is 0 Å². The van der Waals surface area contributed by atoms with E-state index in [1.807, 2.05) is 0 Å². The molecule has 7 heteroatoms. The third kappa shape index (κ3) is 30.3. The van der Waals surface area contributed by atoms with Crippen LogP contribution in [0.5, 0.6) is 0 Å². The van der Waals surface area contributed by atoms with Gasteiger partial charge in [0.25, 0.3) is 10.1 Å². The van der Waals surface area contributed by atoms with Crippen molar-refractivity contribution in [2.75, 3.05) is 5.75 Å². The summed E-state index contributed by atoms with van der Waals surface area (Å²) in [4.78, 5) is 12.4. The van der Waals surface area contributed by atoms with Crippen molar-refractivity contribution in [3.63, 3.8) is 0 Å². The maximum Gasteiger partial charge on any atom is 0.266 e. The summed E-state index contributed by atoms with van der Waals surface area (Å²) >= 11 is 0. The first-order valence-electron chi connectivity index (χ1n) is 17.4. The van der Waals surface area contributed by atoms with Crippen LogP contribution in [0.25, 0.3) is 0 Å². The number of hydrogen-bond acceptors (Lipinski definition) is 4. The molecule has 0 aliphatic heterocycles. The van der Waals surface area contributed by atoms with Crippen LogP contribution >= 0.6 is 0 Å². The fourth-order valence-electron chi connectivity index (χ4n) is 5.33. The molecule has 0 aromatic rings. The van der Waals surface area contributed by atoms with Gasteiger partial charge < -0.3 is 10.4 Å². The van der Waals surface area contributed by atoms with E-state index in [0.29, 0.717) is 12.8 Å². The average molecular weight is 602 g/mol. The Morgan fingerprint density at radius 2 is 1.02 bits per heavy atom. The van der Waals surface area contributed by atoms with E-state index in [0.717, 1.165) is 38.5 Å². The van der Waals surface area contributed by atoms with E-state index in [-0.39, 0.29) is 5.91 Å². The fraction of sp³-hybridized carbons (Fsp3) is 0.912. The lowest BCUT2D eigenvalue weighted by Gasteiger charge is -2.23. The Morgan fingerprint density at radius 3 is 1.46 bits per heavy atom. The van der Waals surface area contributed by atoms with Gasteiger partial charge in [-0.3, -0.25) is 9.35 Å². The van der Waals surface area contributed by atoms with Crippen LogP contribution in [-0.2, 0) is 14.9 Å². The molecule has 0 heterocycles. The number of allylic oxidation sites excluding steroid dienone is 2. The van der Waals surface area contributed by atoms with Gasteiger partial charge in [-0.15, -0.1) is 0 Å². The van der Waals surface area contributed by atoms with Crippen LogP contribution in [0, 0.1) is 0 Å². The van der Waals surface area contributed by atoms with Gasteiger partial charge in [-0.1, -0.05) is 148 Å². The van der Waals surface area contributed by atoms with Gasteiger partial charge in [0.1, 0.15) is 0 Å². The van der Waals surface area contributed by atoms with Gasteiger partial charge in [-0.2, -0.15) is 8.42 Å². The molecule has 0 rings (SSSR count). The Balaban J connectivity index is 3.86. The lowest BCUT2D eigenvalue weighted by Crippen LogP contribution is -2.47. The molecule has 1 amide bonds. The molecule has 2 unspecified atom stereocenters. The van der Waals surface area contributed by atoms with Crippen LogP contribution in [0.15, 0.2) is 12.2 Å². The van der Waals surface area contributed by atoms with Crippen LogP contribution in [0.4, 0.5) is 0 Å². The van der Waals surface area contributed by atoms with Crippen LogP contribution in [-0.4, -0.2) is 41.9 Å². The molecule has 0 radical (unpaired) electrons. The van der Waals surface area contributed by atoms with E-state index < -0.39 is 28.0 Å². The molecule has 0 fully saturated rings. The zero-order chi connectivity index (χ0) is 30.4. The minimum atomic E-state index is -4.29. The summed E-state index contributed by atoms with van der Waals surface area (Å²) < 4.78 is 32.2. The van der Waals surface area contributed by atoms with E-state index >= 15 is 0 Å². The summed E-state index contributed by atoms with van der Waals surface area (Å²) in [6.07, 6.45) is 33.1. The largest absolute Gasteiger partial charge is 0.391 e. The molecule has 0 aliphatic rings. The van der Waals surface area contributed by atoms with Gasteiger partial charge in [-0.05, 0) is 38.5 Å². The molecule has 0 bridgehead atoms. The number of rotatable bonds is 31. The molecule has 0 saturated carbocycles. The minimum Gasteiger partial charge on any atom is -0.391 e. The van der Waals surface area contributed by atoms with Gasteiger partial charge in [-0.25, -0.2) is 0 Å². The highest BCUT2D eigenvalue weighted by Crippen LogP contribution is 2.14. The Morgan fingerprint density at radius 1 is 0.634 bits per heavy atom. The van der Waals surface area contributed by atoms with Crippen molar-refractivity contribution in [3.8, 4) is 0 Å². The molecular weight excluding hydrogens is 534 g/mol. The predicted molar refractivity (Wildman–Crippen MR) is 175 cm³/mol. The van der Waals surface area contributed by atoms with Gasteiger partial charge in [0, 0.05) is 6.42 Å². The Hall–Kier alpha value is -0.920. The summed E-state index contributed by atoms with van der Waals surface area (Å²) in [6, 6.07) is -0.966. The monoisotopic (exact) mass is 601 g/mol.